The summed E-state index contributed by atoms with van der Waals surface area (Å²) in [4.78, 5) is 3.94. The molecule has 0 bridgehead atoms. The van der Waals surface area contributed by atoms with E-state index in [1.54, 1.807) is 11.6 Å². The summed E-state index contributed by atoms with van der Waals surface area (Å²) in [6.07, 6.45) is 3.64. The molecule has 1 aliphatic heterocycles. The van der Waals surface area contributed by atoms with Gasteiger partial charge in [0.1, 0.15) is 0 Å². The monoisotopic (exact) mass is 292 g/mol. The highest BCUT2D eigenvalue weighted by molar-refractivity contribution is 7.89. The molecule has 1 aromatic carbocycles. The number of fused-ring (bicyclic) bond motifs is 1. The Bertz CT molecular complexity index is 751. The van der Waals surface area contributed by atoms with Crippen LogP contribution in [0.3, 0.4) is 0 Å². The summed E-state index contributed by atoms with van der Waals surface area (Å²) in [6.45, 7) is 0.777. The van der Waals surface area contributed by atoms with Gasteiger partial charge in [-0.05, 0) is 23.6 Å². The summed E-state index contributed by atoms with van der Waals surface area (Å²) in [5, 5.41) is 0.0901. The van der Waals surface area contributed by atoms with Crippen molar-refractivity contribution in [2.45, 2.75) is 18.0 Å². The normalized spacial score (nSPS) is 16.1. The van der Waals surface area contributed by atoms with Crippen molar-refractivity contribution in [2.75, 3.05) is 12.3 Å². The summed E-state index contributed by atoms with van der Waals surface area (Å²) in [7, 11) is -1.79. The lowest BCUT2D eigenvalue weighted by atomic mass is 9.99. The topological polar surface area (TPSA) is 81.2 Å². The van der Waals surface area contributed by atoms with Gasteiger partial charge in [-0.1, -0.05) is 12.1 Å². The minimum absolute atomic E-state index is 0.0901. The highest BCUT2D eigenvalue weighted by atomic mass is 32.2. The lowest BCUT2D eigenvalue weighted by Gasteiger charge is -2.28. The Morgan fingerprint density at radius 2 is 2.15 bits per heavy atom. The second kappa shape index (κ2) is 4.60. The SMILES string of the molecule is Cn1cnc(S(=O)(=O)N2CCc3c(N)cccc3C2)c1. The van der Waals surface area contributed by atoms with E-state index in [-0.39, 0.29) is 5.03 Å². The second-order valence-electron chi connectivity index (χ2n) is 4.95. The summed E-state index contributed by atoms with van der Waals surface area (Å²) < 4.78 is 28.1. The predicted octanol–water partition coefficient (Wildman–Crippen LogP) is 0.749. The molecule has 0 radical (unpaired) electrons. The number of imidazole rings is 1. The van der Waals surface area contributed by atoms with Crippen molar-refractivity contribution >= 4 is 15.7 Å². The molecule has 0 aliphatic carbocycles. The van der Waals surface area contributed by atoms with Crippen molar-refractivity contribution in [3.63, 3.8) is 0 Å². The van der Waals surface area contributed by atoms with Crippen LogP contribution in [0.25, 0.3) is 0 Å². The Morgan fingerprint density at radius 1 is 1.35 bits per heavy atom. The number of hydrogen-bond acceptors (Lipinski definition) is 4. The number of benzene rings is 1. The van der Waals surface area contributed by atoms with E-state index >= 15 is 0 Å². The zero-order chi connectivity index (χ0) is 14.3. The van der Waals surface area contributed by atoms with Crippen molar-refractivity contribution in [1.82, 2.24) is 13.9 Å². The molecule has 106 valence electrons. The van der Waals surface area contributed by atoms with Gasteiger partial charge in [-0.25, -0.2) is 13.4 Å². The molecule has 7 heteroatoms. The molecule has 20 heavy (non-hydrogen) atoms. The summed E-state index contributed by atoms with van der Waals surface area (Å²) in [5.74, 6) is 0. The van der Waals surface area contributed by atoms with Crippen molar-refractivity contribution in [1.29, 1.82) is 0 Å². The molecule has 3 rings (SSSR count). The van der Waals surface area contributed by atoms with Crippen molar-refractivity contribution < 1.29 is 8.42 Å². The highest BCUT2D eigenvalue weighted by Crippen LogP contribution is 2.27. The first-order chi connectivity index (χ1) is 9.48. The average Bonchev–Trinajstić information content (AvgIpc) is 2.86. The fraction of sp³-hybridized carbons (Fsp3) is 0.308. The molecule has 0 saturated carbocycles. The summed E-state index contributed by atoms with van der Waals surface area (Å²) >= 11 is 0. The van der Waals surface area contributed by atoms with Crippen LogP contribution in [0, 0.1) is 0 Å². The molecule has 1 aliphatic rings. The summed E-state index contributed by atoms with van der Waals surface area (Å²) in [5.41, 5.74) is 8.68. The van der Waals surface area contributed by atoms with Gasteiger partial charge >= 0.3 is 0 Å². The number of nitrogens with zero attached hydrogens (tertiary/aromatic N) is 3. The second-order valence-corrected chi connectivity index (χ2v) is 6.84. The van der Waals surface area contributed by atoms with E-state index in [2.05, 4.69) is 4.98 Å². The minimum Gasteiger partial charge on any atom is -0.398 e. The molecule has 2 N–H and O–H groups in total. The average molecular weight is 292 g/mol. The molecule has 2 heterocycles. The van der Waals surface area contributed by atoms with Gasteiger partial charge in [0.15, 0.2) is 5.03 Å². The molecule has 6 nitrogen and oxygen atoms in total. The lowest BCUT2D eigenvalue weighted by Crippen LogP contribution is -2.36. The fourth-order valence-electron chi connectivity index (χ4n) is 2.47. The predicted molar refractivity (Wildman–Crippen MR) is 75.4 cm³/mol. The molecule has 0 unspecified atom stereocenters. The van der Waals surface area contributed by atoms with Gasteiger partial charge in [-0.15, -0.1) is 0 Å². The molecule has 0 saturated heterocycles. The standard InChI is InChI=1S/C13H16N4O2S/c1-16-8-13(15-9-16)20(18,19)17-6-5-11-10(7-17)3-2-4-12(11)14/h2-4,8-9H,5-7,14H2,1H3. The first kappa shape index (κ1) is 13.1. The third-order valence-corrected chi connectivity index (χ3v) is 5.28. The van der Waals surface area contributed by atoms with Crippen LogP contribution in [-0.4, -0.2) is 28.8 Å². The number of nitrogens with two attached hydrogens (primary N) is 1. The number of hydrogen-bond donors (Lipinski definition) is 1. The number of rotatable bonds is 2. The Morgan fingerprint density at radius 3 is 2.85 bits per heavy atom. The van der Waals surface area contributed by atoms with E-state index in [9.17, 15) is 8.42 Å². The van der Waals surface area contributed by atoms with E-state index < -0.39 is 10.0 Å². The maximum absolute atomic E-state index is 12.5. The van der Waals surface area contributed by atoms with E-state index in [1.165, 1.54) is 16.8 Å². The number of aryl methyl sites for hydroxylation is 1. The molecule has 2 aromatic rings. The molecule has 0 spiro atoms. The van der Waals surface area contributed by atoms with Crippen molar-refractivity contribution in [2.24, 2.45) is 7.05 Å². The van der Waals surface area contributed by atoms with Gasteiger partial charge in [0.25, 0.3) is 10.0 Å². The Labute approximate surface area is 117 Å². The molecule has 0 fully saturated rings. The maximum Gasteiger partial charge on any atom is 0.262 e. The highest BCUT2D eigenvalue weighted by Gasteiger charge is 2.30. The van der Waals surface area contributed by atoms with Gasteiger partial charge in [-0.2, -0.15) is 4.31 Å². The molecule has 0 amide bonds. The summed E-state index contributed by atoms with van der Waals surface area (Å²) in [6, 6.07) is 5.62. The number of sulfonamides is 1. The zero-order valence-electron chi connectivity index (χ0n) is 11.2. The Balaban J connectivity index is 1.94. The van der Waals surface area contributed by atoms with Gasteiger partial charge in [0, 0.05) is 32.0 Å². The molecule has 0 atom stereocenters. The van der Waals surface area contributed by atoms with E-state index in [4.69, 9.17) is 5.73 Å². The van der Waals surface area contributed by atoms with Crippen LogP contribution in [0.5, 0.6) is 0 Å². The first-order valence-electron chi connectivity index (χ1n) is 6.33. The molecular weight excluding hydrogens is 276 g/mol. The van der Waals surface area contributed by atoms with E-state index in [1.807, 2.05) is 18.2 Å². The zero-order valence-corrected chi connectivity index (χ0v) is 12.0. The van der Waals surface area contributed by atoms with Crippen LogP contribution in [0.2, 0.25) is 0 Å². The number of aromatic nitrogens is 2. The maximum atomic E-state index is 12.5. The van der Waals surface area contributed by atoms with Crippen LogP contribution in [0.4, 0.5) is 5.69 Å². The third-order valence-electron chi connectivity index (χ3n) is 3.55. The van der Waals surface area contributed by atoms with Crippen molar-refractivity contribution in [3.05, 3.63) is 41.9 Å². The largest absolute Gasteiger partial charge is 0.398 e. The van der Waals surface area contributed by atoms with E-state index in [0.29, 0.717) is 19.5 Å². The van der Waals surface area contributed by atoms with Crippen molar-refractivity contribution in [3.8, 4) is 0 Å². The smallest absolute Gasteiger partial charge is 0.262 e. The fourth-order valence-corrected chi connectivity index (χ4v) is 3.86. The first-order valence-corrected chi connectivity index (χ1v) is 7.77. The Hall–Kier alpha value is -1.86. The van der Waals surface area contributed by atoms with Crippen LogP contribution >= 0.6 is 0 Å². The van der Waals surface area contributed by atoms with Gasteiger partial charge in [0.2, 0.25) is 0 Å². The molecule has 1 aromatic heterocycles. The number of nitrogen functional groups attached to an aromatic ring is 1. The molecular formula is C13H16N4O2S. The minimum atomic E-state index is -3.54. The quantitative estimate of drug-likeness (QED) is 0.828. The van der Waals surface area contributed by atoms with Gasteiger partial charge in [0.05, 0.1) is 6.33 Å². The van der Waals surface area contributed by atoms with E-state index in [0.717, 1.165) is 16.8 Å². The van der Waals surface area contributed by atoms with Gasteiger partial charge in [-0.3, -0.25) is 0 Å². The third kappa shape index (κ3) is 2.08. The van der Waals surface area contributed by atoms with Crippen LogP contribution in [0.15, 0.2) is 35.7 Å². The van der Waals surface area contributed by atoms with Gasteiger partial charge < -0.3 is 10.3 Å². The number of anilines is 1. The Kier molecular flexibility index (Phi) is 3.02. The van der Waals surface area contributed by atoms with Crippen LogP contribution < -0.4 is 5.73 Å². The lowest BCUT2D eigenvalue weighted by molar-refractivity contribution is 0.390. The van der Waals surface area contributed by atoms with Crippen LogP contribution in [0.1, 0.15) is 11.1 Å². The van der Waals surface area contributed by atoms with Crippen LogP contribution in [-0.2, 0) is 30.0 Å².